The van der Waals surface area contributed by atoms with Crippen molar-refractivity contribution in [2.75, 3.05) is 13.2 Å². The fraction of sp³-hybridized carbons (Fsp3) is 0.529. The molecule has 2 rings (SSSR count). The number of carboxylic acids is 1. The molecule has 1 amide bonds. The molecule has 0 saturated carbocycles. The molecular weight excluding hydrogens is 355 g/mol. The number of amides is 1. The summed E-state index contributed by atoms with van der Waals surface area (Å²) in [7, 11) is 0. The van der Waals surface area contributed by atoms with E-state index in [-0.39, 0.29) is 24.5 Å². The van der Waals surface area contributed by atoms with E-state index >= 15 is 0 Å². The normalized spacial score (nSPS) is 16.7. The van der Waals surface area contributed by atoms with Gasteiger partial charge in [0.2, 0.25) is 5.91 Å². The number of carbonyl (C=O) groups is 2. The van der Waals surface area contributed by atoms with Crippen LogP contribution in [0, 0.1) is 0 Å². The number of ether oxygens (including phenoxy) is 2. The first-order valence-electron chi connectivity index (χ1n) is 8.13. The van der Waals surface area contributed by atoms with Gasteiger partial charge in [-0.1, -0.05) is 12.1 Å². The van der Waals surface area contributed by atoms with E-state index < -0.39 is 17.9 Å². The van der Waals surface area contributed by atoms with Crippen LogP contribution in [0.2, 0.25) is 0 Å². The molecule has 0 bridgehead atoms. The van der Waals surface area contributed by atoms with Gasteiger partial charge < -0.3 is 19.9 Å². The molecule has 0 atom stereocenters. The molecule has 1 aliphatic rings. The number of aryl methyl sites for hydroxylation is 1. The summed E-state index contributed by atoms with van der Waals surface area (Å²) in [5.74, 6) is -1.62. The van der Waals surface area contributed by atoms with Gasteiger partial charge in [-0.3, -0.25) is 9.59 Å². The number of carbonyl (C=O) groups excluding carboxylic acids is 1. The van der Waals surface area contributed by atoms with Crippen LogP contribution in [-0.4, -0.2) is 42.1 Å². The Morgan fingerprint density at radius 1 is 1.19 bits per heavy atom. The first kappa shape index (κ1) is 20.0. The molecule has 2 N–H and O–H groups in total. The second-order valence-corrected chi connectivity index (χ2v) is 6.20. The number of carboxylic acid groups (broad SMARTS) is 1. The van der Waals surface area contributed by atoms with Gasteiger partial charge >= 0.3 is 12.3 Å². The van der Waals surface area contributed by atoms with Crippen LogP contribution >= 0.6 is 0 Å². The predicted molar refractivity (Wildman–Crippen MR) is 84.6 cm³/mol. The molecule has 1 heterocycles. The van der Waals surface area contributed by atoms with Gasteiger partial charge in [-0.2, -0.15) is 0 Å². The maximum atomic E-state index is 12.2. The highest BCUT2D eigenvalue weighted by Gasteiger charge is 2.36. The van der Waals surface area contributed by atoms with Crippen molar-refractivity contribution in [3.63, 3.8) is 0 Å². The van der Waals surface area contributed by atoms with Crippen LogP contribution in [0.25, 0.3) is 0 Å². The van der Waals surface area contributed by atoms with Crippen molar-refractivity contribution < 1.29 is 37.3 Å². The Bertz CT molecular complexity index is 624. The summed E-state index contributed by atoms with van der Waals surface area (Å²) in [6, 6.07) is 5.28. The summed E-state index contributed by atoms with van der Waals surface area (Å²) < 4.78 is 45.4. The van der Waals surface area contributed by atoms with Crippen LogP contribution < -0.4 is 10.1 Å². The SMILES string of the molecule is O=C(O)CC1(NC(=O)CCc2ccc(OC(F)(F)F)cc2)CCOCC1. The zero-order chi connectivity index (χ0) is 19.2. The van der Waals surface area contributed by atoms with Crippen LogP contribution in [0.5, 0.6) is 5.75 Å². The van der Waals surface area contributed by atoms with E-state index in [0.717, 1.165) is 0 Å². The molecule has 0 spiro atoms. The highest BCUT2D eigenvalue weighted by atomic mass is 19.4. The third-order valence-electron chi connectivity index (χ3n) is 4.14. The van der Waals surface area contributed by atoms with E-state index in [1.54, 1.807) is 0 Å². The minimum Gasteiger partial charge on any atom is -0.481 e. The number of alkyl halides is 3. The van der Waals surface area contributed by atoms with E-state index in [0.29, 0.717) is 38.0 Å². The van der Waals surface area contributed by atoms with Gasteiger partial charge in [0.25, 0.3) is 0 Å². The van der Waals surface area contributed by atoms with Crippen molar-refractivity contribution in [3.8, 4) is 5.75 Å². The molecule has 0 radical (unpaired) electrons. The second-order valence-electron chi connectivity index (χ2n) is 6.20. The molecule has 1 aromatic rings. The zero-order valence-electron chi connectivity index (χ0n) is 14.0. The van der Waals surface area contributed by atoms with Crippen LogP contribution in [0.1, 0.15) is 31.2 Å². The Labute approximate surface area is 148 Å². The summed E-state index contributed by atoms with van der Waals surface area (Å²) >= 11 is 0. The van der Waals surface area contributed by atoms with E-state index in [9.17, 15) is 22.8 Å². The average molecular weight is 375 g/mol. The summed E-state index contributed by atoms with van der Waals surface area (Å²) in [5.41, 5.74) is -0.139. The summed E-state index contributed by atoms with van der Waals surface area (Å²) in [4.78, 5) is 23.3. The maximum Gasteiger partial charge on any atom is 0.573 e. The molecule has 9 heteroatoms. The van der Waals surface area contributed by atoms with Crippen molar-refractivity contribution in [1.29, 1.82) is 0 Å². The van der Waals surface area contributed by atoms with Crippen molar-refractivity contribution in [1.82, 2.24) is 5.32 Å². The Balaban J connectivity index is 1.88. The van der Waals surface area contributed by atoms with Crippen LogP contribution in [0.3, 0.4) is 0 Å². The van der Waals surface area contributed by atoms with Crippen molar-refractivity contribution in [2.24, 2.45) is 0 Å². The quantitative estimate of drug-likeness (QED) is 0.765. The molecule has 1 fully saturated rings. The largest absolute Gasteiger partial charge is 0.573 e. The third-order valence-corrected chi connectivity index (χ3v) is 4.14. The maximum absolute atomic E-state index is 12.2. The molecule has 1 aromatic carbocycles. The Kier molecular flexibility index (Phi) is 6.47. The highest BCUT2D eigenvalue weighted by Crippen LogP contribution is 2.25. The van der Waals surface area contributed by atoms with Gasteiger partial charge in [0.05, 0.1) is 12.0 Å². The number of aliphatic carboxylic acids is 1. The number of hydrogen-bond acceptors (Lipinski definition) is 4. The lowest BCUT2D eigenvalue weighted by atomic mass is 9.86. The molecule has 0 aliphatic carbocycles. The summed E-state index contributed by atoms with van der Waals surface area (Å²) in [6.07, 6.45) is -3.66. The van der Waals surface area contributed by atoms with E-state index in [1.807, 2.05) is 0 Å². The van der Waals surface area contributed by atoms with E-state index in [4.69, 9.17) is 9.84 Å². The van der Waals surface area contributed by atoms with Gasteiger partial charge in [0, 0.05) is 19.6 Å². The Morgan fingerprint density at radius 2 is 1.81 bits per heavy atom. The standard InChI is InChI=1S/C17H20F3NO5/c18-17(19,20)26-13-4-1-12(2-5-13)3-6-14(22)21-16(11-15(23)24)7-9-25-10-8-16/h1-2,4-5H,3,6-11H2,(H,21,22)(H,23,24). The van der Waals surface area contributed by atoms with Gasteiger partial charge in [-0.05, 0) is 37.0 Å². The fourth-order valence-corrected chi connectivity index (χ4v) is 2.87. The first-order chi connectivity index (χ1) is 12.2. The predicted octanol–water partition coefficient (Wildman–Crippen LogP) is 2.66. The average Bonchev–Trinajstić information content (AvgIpc) is 2.52. The monoisotopic (exact) mass is 375 g/mol. The number of hydrogen-bond donors (Lipinski definition) is 2. The van der Waals surface area contributed by atoms with Crippen molar-refractivity contribution in [3.05, 3.63) is 29.8 Å². The molecule has 6 nitrogen and oxygen atoms in total. The van der Waals surface area contributed by atoms with Gasteiger partial charge in [-0.25, -0.2) is 0 Å². The molecule has 144 valence electrons. The first-order valence-corrected chi connectivity index (χ1v) is 8.13. The highest BCUT2D eigenvalue weighted by molar-refractivity contribution is 5.78. The number of nitrogens with one attached hydrogen (secondary N) is 1. The molecule has 1 aliphatic heterocycles. The van der Waals surface area contributed by atoms with Gasteiger partial charge in [-0.15, -0.1) is 13.2 Å². The van der Waals surface area contributed by atoms with Crippen LogP contribution in [-0.2, 0) is 20.7 Å². The lowest BCUT2D eigenvalue weighted by Crippen LogP contribution is -2.53. The number of halogens is 3. The summed E-state index contributed by atoms with van der Waals surface area (Å²) in [5, 5.41) is 11.9. The van der Waals surface area contributed by atoms with E-state index in [2.05, 4.69) is 10.1 Å². The third kappa shape index (κ3) is 6.55. The molecular formula is C17H20F3NO5. The van der Waals surface area contributed by atoms with Crippen molar-refractivity contribution >= 4 is 11.9 Å². The van der Waals surface area contributed by atoms with E-state index in [1.165, 1.54) is 24.3 Å². The summed E-state index contributed by atoms with van der Waals surface area (Å²) in [6.45, 7) is 0.766. The van der Waals surface area contributed by atoms with Gasteiger partial charge in [0.1, 0.15) is 5.75 Å². The molecule has 0 aromatic heterocycles. The lowest BCUT2D eigenvalue weighted by Gasteiger charge is -2.36. The fourth-order valence-electron chi connectivity index (χ4n) is 2.87. The second kappa shape index (κ2) is 8.39. The van der Waals surface area contributed by atoms with Crippen LogP contribution in [0.15, 0.2) is 24.3 Å². The topological polar surface area (TPSA) is 84.9 Å². The Morgan fingerprint density at radius 3 is 2.35 bits per heavy atom. The number of benzene rings is 1. The van der Waals surface area contributed by atoms with Gasteiger partial charge in [0.15, 0.2) is 0 Å². The zero-order valence-corrected chi connectivity index (χ0v) is 14.0. The van der Waals surface area contributed by atoms with Crippen LogP contribution in [0.4, 0.5) is 13.2 Å². The minimum absolute atomic E-state index is 0.0989. The van der Waals surface area contributed by atoms with Crippen molar-refractivity contribution in [2.45, 2.75) is 44.0 Å². The smallest absolute Gasteiger partial charge is 0.481 e. The molecule has 0 unspecified atom stereocenters. The Hall–Kier alpha value is -2.29. The molecule has 1 saturated heterocycles. The lowest BCUT2D eigenvalue weighted by molar-refractivity contribution is -0.274. The minimum atomic E-state index is -4.75. The number of rotatable bonds is 7. The molecule has 26 heavy (non-hydrogen) atoms.